The Balaban J connectivity index is 0.000000222. The van der Waals surface area contributed by atoms with Crippen LogP contribution in [-0.2, 0) is 36.5 Å². The van der Waals surface area contributed by atoms with Gasteiger partial charge in [-0.3, -0.25) is 38.5 Å². The predicted octanol–water partition coefficient (Wildman–Crippen LogP) is -0.199. The van der Waals surface area contributed by atoms with E-state index in [1.54, 1.807) is 61.6 Å². The Bertz CT molecular complexity index is 2300. The van der Waals surface area contributed by atoms with Crippen LogP contribution in [0.15, 0.2) is 127 Å². The molecular weight excluding hydrogens is 839 g/mol. The lowest BCUT2D eigenvalue weighted by molar-refractivity contribution is -0.127. The number of pyridine rings is 2. The number of carbonyl (C=O) groups is 4. The number of benzene rings is 2. The van der Waals surface area contributed by atoms with Crippen molar-refractivity contribution >= 4 is 52.1 Å². The van der Waals surface area contributed by atoms with Crippen molar-refractivity contribution in [1.29, 1.82) is 0 Å². The van der Waals surface area contributed by atoms with Crippen LogP contribution < -0.4 is 27.6 Å². The number of nitrogens with two attached hydrogens (primary N) is 2. The summed E-state index contributed by atoms with van der Waals surface area (Å²) in [7, 11) is 2.01. The van der Waals surface area contributed by atoms with E-state index in [1.165, 1.54) is 23.3 Å². The normalized spacial score (nSPS) is 12.5. The summed E-state index contributed by atoms with van der Waals surface area (Å²) >= 11 is 3.26. The van der Waals surface area contributed by atoms with E-state index in [-0.39, 0.29) is 12.8 Å². The number of halogens is 1. The van der Waals surface area contributed by atoms with Crippen LogP contribution in [0.2, 0.25) is 0 Å². The first-order chi connectivity index (χ1) is 28.7. The van der Waals surface area contributed by atoms with Crippen molar-refractivity contribution in [3.8, 4) is 11.3 Å². The Kier molecular flexibility index (Phi) is 17.3. The number of hydrogen-bond acceptors (Lipinski definition) is 12. The molecule has 0 aliphatic carbocycles. The molecule has 10 N–H and O–H groups in total. The fourth-order valence-electron chi connectivity index (χ4n) is 5.67. The molecule has 6 aromatic rings. The first-order valence-electron chi connectivity index (χ1n) is 18.2. The Hall–Kier alpha value is -6.58. The van der Waals surface area contributed by atoms with Crippen molar-refractivity contribution in [3.63, 3.8) is 0 Å². The smallest absolute Gasteiger partial charge is 0.423 e. The quantitative estimate of drug-likeness (QED) is 0.0661. The largest absolute Gasteiger partial charge is 0.490 e. The summed E-state index contributed by atoms with van der Waals surface area (Å²) in [5.74, 6) is -2.70. The monoisotopic (exact) mass is 882 g/mol. The number of aryl methyl sites for hydroxylation is 2. The molecule has 2 unspecified atom stereocenters. The molecule has 4 atom stereocenters. The molecule has 312 valence electrons. The molecule has 0 bridgehead atoms. The highest BCUT2D eigenvalue weighted by Crippen LogP contribution is 2.23. The highest BCUT2D eigenvalue weighted by molar-refractivity contribution is 9.10. The van der Waals surface area contributed by atoms with Gasteiger partial charge >= 0.3 is 7.12 Å². The van der Waals surface area contributed by atoms with Crippen LogP contribution in [-0.4, -0.2) is 105 Å². The summed E-state index contributed by atoms with van der Waals surface area (Å²) in [6.07, 6.45) is 6.58. The van der Waals surface area contributed by atoms with E-state index in [1.807, 2.05) is 60.7 Å². The zero-order chi connectivity index (χ0) is 43.8. The molecule has 60 heavy (non-hydrogen) atoms. The molecule has 18 nitrogen and oxygen atoms in total. The summed E-state index contributed by atoms with van der Waals surface area (Å²) in [6, 6.07) is 23.5. The van der Waals surface area contributed by atoms with Gasteiger partial charge in [-0.25, -0.2) is 0 Å². The molecule has 0 spiro atoms. The van der Waals surface area contributed by atoms with Gasteiger partial charge in [-0.15, -0.1) is 0 Å². The average Bonchev–Trinajstić information content (AvgIpc) is 3.81. The number of hydrogen-bond donors (Lipinski definition) is 8. The number of primary amides is 2. The van der Waals surface area contributed by atoms with Crippen molar-refractivity contribution in [2.75, 3.05) is 0 Å². The summed E-state index contributed by atoms with van der Waals surface area (Å²) in [5, 5.41) is 50.8. The number of amides is 4. The molecule has 0 saturated heterocycles. The lowest BCUT2D eigenvalue weighted by atomic mass is 9.82. The lowest BCUT2D eigenvalue weighted by Crippen LogP contribution is -2.50. The van der Waals surface area contributed by atoms with Crippen LogP contribution in [0, 0.1) is 0 Å². The predicted molar refractivity (Wildman–Crippen MR) is 225 cm³/mol. The van der Waals surface area contributed by atoms with Gasteiger partial charge in [0.25, 0.3) is 11.8 Å². The molecule has 0 aliphatic heterocycles. The molecule has 0 fully saturated rings. The number of rotatable bonds is 14. The summed E-state index contributed by atoms with van der Waals surface area (Å²) in [5.41, 5.74) is 14.6. The first kappa shape index (κ1) is 46.1. The minimum atomic E-state index is -1.52. The van der Waals surface area contributed by atoms with Gasteiger partial charge in [-0.2, -0.15) is 10.2 Å². The van der Waals surface area contributed by atoms with Gasteiger partial charge in [0.15, 0.2) is 12.2 Å². The van der Waals surface area contributed by atoms with Crippen LogP contribution in [0.1, 0.15) is 31.8 Å². The Morgan fingerprint density at radius 1 is 0.667 bits per heavy atom. The van der Waals surface area contributed by atoms with Gasteiger partial charge in [0.05, 0.1) is 41.3 Å². The second-order valence-corrected chi connectivity index (χ2v) is 13.9. The maximum atomic E-state index is 12.9. The molecule has 20 heteroatoms. The summed E-state index contributed by atoms with van der Waals surface area (Å²) < 4.78 is 3.58. The standard InChI is InChI=1S/C20H21N5O3.C15H17BrN4O3.C5H6BNO2/c1-25-17(14-7-9-22-10-8-14)15(12-23-25)20(28)24-16(18(26)19(21)27)11-13-5-3-2-4-6-13;1-20-13(16)10(8-18-20)15(23)19-11(12(21)14(17)22)7-9-5-3-2-4-6-9;8-6(9)5-2-1-3-7-4-5/h2-10,12,16,18,26H,11H2,1H3,(H2,21,27)(H,24,28);2-6,8,11-12,21H,7H2,1H3,(H2,17,22)(H,19,23);1-4,8-9H/t16-,18?;11-,12?;/m00./s1. The van der Waals surface area contributed by atoms with Crippen LogP contribution in [0.3, 0.4) is 0 Å². The minimum Gasteiger partial charge on any atom is -0.423 e. The number of aliphatic hydroxyl groups excluding tert-OH is 2. The number of aliphatic hydroxyl groups is 2. The molecule has 2 aromatic carbocycles. The average molecular weight is 884 g/mol. The maximum Gasteiger partial charge on any atom is 0.490 e. The number of nitrogens with one attached hydrogen (secondary N) is 2. The van der Waals surface area contributed by atoms with Crippen LogP contribution in [0.4, 0.5) is 0 Å². The van der Waals surface area contributed by atoms with Crippen LogP contribution in [0.5, 0.6) is 0 Å². The number of carbonyl (C=O) groups excluding carboxylic acids is 4. The second-order valence-electron chi connectivity index (χ2n) is 13.1. The maximum absolute atomic E-state index is 12.9. The van der Waals surface area contributed by atoms with Gasteiger partial charge < -0.3 is 42.4 Å². The Morgan fingerprint density at radius 3 is 1.57 bits per heavy atom. The van der Waals surface area contributed by atoms with E-state index in [2.05, 4.69) is 46.7 Å². The van der Waals surface area contributed by atoms with Gasteiger partial charge in [0, 0.05) is 49.9 Å². The topological polar surface area (TPSA) is 287 Å². The van der Waals surface area contributed by atoms with E-state index in [9.17, 15) is 29.4 Å². The van der Waals surface area contributed by atoms with E-state index < -0.39 is 55.0 Å². The van der Waals surface area contributed by atoms with E-state index in [0.717, 1.165) is 16.7 Å². The third-order valence-electron chi connectivity index (χ3n) is 8.81. The fourth-order valence-corrected chi connectivity index (χ4v) is 6.04. The van der Waals surface area contributed by atoms with Gasteiger partial charge in [0.1, 0.15) is 4.60 Å². The number of nitrogens with zero attached hydrogens (tertiary/aromatic N) is 6. The summed E-state index contributed by atoms with van der Waals surface area (Å²) in [4.78, 5) is 55.8. The molecule has 6 rings (SSSR count). The Morgan fingerprint density at radius 2 is 1.15 bits per heavy atom. The summed E-state index contributed by atoms with van der Waals surface area (Å²) in [6.45, 7) is 0. The van der Waals surface area contributed by atoms with Crippen molar-refractivity contribution in [1.82, 2.24) is 40.2 Å². The highest BCUT2D eigenvalue weighted by Gasteiger charge is 2.29. The molecular formula is C40H44BBrN10O8. The highest BCUT2D eigenvalue weighted by atomic mass is 79.9. The van der Waals surface area contributed by atoms with Crippen molar-refractivity contribution in [2.45, 2.75) is 37.1 Å². The third kappa shape index (κ3) is 13.2. The fraction of sp³-hybridized carbons (Fsp3) is 0.200. The molecule has 4 aromatic heterocycles. The van der Waals surface area contributed by atoms with E-state index in [4.69, 9.17) is 21.5 Å². The Labute approximate surface area is 353 Å². The molecule has 4 amide bonds. The molecule has 4 heterocycles. The van der Waals surface area contributed by atoms with Gasteiger partial charge in [-0.05, 0) is 58.1 Å². The zero-order valence-corrected chi connectivity index (χ0v) is 34.1. The lowest BCUT2D eigenvalue weighted by Gasteiger charge is -2.22. The molecule has 0 aliphatic rings. The second kappa shape index (κ2) is 22.5. The number of aromatic nitrogens is 6. The van der Waals surface area contributed by atoms with Crippen molar-refractivity contribution < 1.29 is 39.4 Å². The molecule has 0 radical (unpaired) electrons. The van der Waals surface area contributed by atoms with Crippen LogP contribution >= 0.6 is 15.9 Å². The van der Waals surface area contributed by atoms with Crippen LogP contribution in [0.25, 0.3) is 11.3 Å². The van der Waals surface area contributed by atoms with Gasteiger partial charge in [-0.1, -0.05) is 66.7 Å². The van der Waals surface area contributed by atoms with E-state index in [0.29, 0.717) is 26.9 Å². The molecule has 0 saturated carbocycles. The first-order valence-corrected chi connectivity index (χ1v) is 19.0. The zero-order valence-electron chi connectivity index (χ0n) is 32.5. The third-order valence-corrected chi connectivity index (χ3v) is 9.75. The van der Waals surface area contributed by atoms with Crippen molar-refractivity contribution in [2.24, 2.45) is 25.6 Å². The minimum absolute atomic E-state index is 0.252. The van der Waals surface area contributed by atoms with E-state index >= 15 is 0 Å². The van der Waals surface area contributed by atoms with Gasteiger partial charge in [0.2, 0.25) is 11.8 Å². The van der Waals surface area contributed by atoms with Crippen molar-refractivity contribution in [3.05, 3.63) is 149 Å². The SMILES string of the molecule is Cn1ncc(C(=O)N[C@@H](Cc2ccccc2)C(O)C(N)=O)c1-c1ccncc1.Cn1ncc(C(=O)N[C@@H](Cc2ccccc2)C(O)C(N)=O)c1Br.OB(O)c1cccnc1.